The summed E-state index contributed by atoms with van der Waals surface area (Å²) < 4.78 is 13.5. The number of rotatable bonds is 7. The second-order valence-corrected chi connectivity index (χ2v) is 3.81. The average Bonchev–Trinajstić information content (AvgIpc) is 2.06. The third-order valence-electron chi connectivity index (χ3n) is 0.936. The Morgan fingerprint density at radius 2 is 1.08 bits per heavy atom. The maximum atomic E-state index is 8.71. The minimum atomic E-state index is -3.17. The number of aliphatic hydroxyl groups excluding tert-OH is 4. The molecule has 0 aliphatic rings. The molecule has 7 nitrogen and oxygen atoms in total. The molecular weight excluding hydrogens is 191 g/mol. The van der Waals surface area contributed by atoms with Crippen molar-refractivity contribution in [1.29, 1.82) is 0 Å². The lowest BCUT2D eigenvalue weighted by Gasteiger charge is -2.16. The van der Waals surface area contributed by atoms with Crippen molar-refractivity contribution >= 4 is 7.94 Å². The molecule has 8 heteroatoms. The zero-order valence-electron chi connectivity index (χ0n) is 6.29. The summed E-state index contributed by atoms with van der Waals surface area (Å²) >= 11 is 0. The largest absolute Gasteiger partial charge is 0.446 e. The van der Waals surface area contributed by atoms with Crippen LogP contribution in [0.1, 0.15) is 0 Å². The molecular formula is C4H12O7P+. The van der Waals surface area contributed by atoms with Gasteiger partial charge in [0.2, 0.25) is 6.35 Å². The number of hydrogen-bond donors (Lipinski definition) is 4. The van der Waals surface area contributed by atoms with E-state index in [4.69, 9.17) is 20.4 Å². The molecule has 0 amide bonds. The van der Waals surface area contributed by atoms with Crippen LogP contribution in [0.3, 0.4) is 0 Å². The van der Waals surface area contributed by atoms with E-state index in [2.05, 4.69) is 13.6 Å². The molecule has 0 unspecified atom stereocenters. The van der Waals surface area contributed by atoms with Crippen molar-refractivity contribution in [1.82, 2.24) is 0 Å². The molecule has 4 N–H and O–H groups in total. The Hall–Kier alpha value is 0.150. The third kappa shape index (κ3) is 3.70. The van der Waals surface area contributed by atoms with Crippen LogP contribution in [0.25, 0.3) is 0 Å². The van der Waals surface area contributed by atoms with Crippen molar-refractivity contribution in [2.75, 3.05) is 26.7 Å². The normalized spacial score (nSPS) is 12.0. The Balaban J connectivity index is 4.06. The molecule has 0 saturated carbocycles. The SMILES string of the molecule is OCO[P+](CO)(OCO)OCO. The van der Waals surface area contributed by atoms with E-state index >= 15 is 0 Å². The van der Waals surface area contributed by atoms with Gasteiger partial charge in [-0.15, -0.1) is 13.6 Å². The molecule has 0 rings (SSSR count). The molecule has 0 aromatic rings. The van der Waals surface area contributed by atoms with Crippen molar-refractivity contribution in [3.63, 3.8) is 0 Å². The molecule has 0 aliphatic carbocycles. The fourth-order valence-corrected chi connectivity index (χ4v) is 1.49. The molecule has 0 heterocycles. The predicted octanol–water partition coefficient (Wildman–Crippen LogP) is -1.40. The Morgan fingerprint density at radius 3 is 1.25 bits per heavy atom. The van der Waals surface area contributed by atoms with Crippen LogP contribution >= 0.6 is 7.94 Å². The average molecular weight is 203 g/mol. The van der Waals surface area contributed by atoms with Crippen molar-refractivity contribution in [2.24, 2.45) is 0 Å². The van der Waals surface area contributed by atoms with E-state index in [1.54, 1.807) is 0 Å². The highest BCUT2D eigenvalue weighted by molar-refractivity contribution is 7.61. The minimum Gasteiger partial charge on any atom is -0.367 e. The van der Waals surface area contributed by atoms with Gasteiger partial charge in [-0.25, -0.2) is 0 Å². The van der Waals surface area contributed by atoms with Crippen LogP contribution in [0.15, 0.2) is 0 Å². The van der Waals surface area contributed by atoms with Crippen LogP contribution in [0.2, 0.25) is 0 Å². The quantitative estimate of drug-likeness (QED) is 0.297. The van der Waals surface area contributed by atoms with E-state index in [0.717, 1.165) is 0 Å². The van der Waals surface area contributed by atoms with Crippen molar-refractivity contribution in [2.45, 2.75) is 0 Å². The highest BCUT2D eigenvalue weighted by Crippen LogP contribution is 2.60. The lowest BCUT2D eigenvalue weighted by atomic mass is 11.6. The summed E-state index contributed by atoms with van der Waals surface area (Å²) in [6, 6.07) is 0. The lowest BCUT2D eigenvalue weighted by Crippen LogP contribution is -2.12. The summed E-state index contributed by atoms with van der Waals surface area (Å²) in [6.45, 7) is -2.18. The Kier molecular flexibility index (Phi) is 6.73. The zero-order valence-corrected chi connectivity index (χ0v) is 7.18. The van der Waals surface area contributed by atoms with Gasteiger partial charge < -0.3 is 20.4 Å². The summed E-state index contributed by atoms with van der Waals surface area (Å²) in [5.74, 6) is 0. The Labute approximate surface area is 69.7 Å². The molecule has 0 aromatic heterocycles. The van der Waals surface area contributed by atoms with Gasteiger partial charge in [0.25, 0.3) is 0 Å². The molecule has 0 spiro atoms. The maximum absolute atomic E-state index is 8.71. The smallest absolute Gasteiger partial charge is 0.367 e. The molecule has 0 atom stereocenters. The Bertz CT molecular complexity index is 92.6. The fourth-order valence-electron chi connectivity index (χ4n) is 0.498. The van der Waals surface area contributed by atoms with E-state index in [9.17, 15) is 0 Å². The lowest BCUT2D eigenvalue weighted by molar-refractivity contribution is -0.0183. The van der Waals surface area contributed by atoms with E-state index in [1.165, 1.54) is 0 Å². The summed E-state index contributed by atoms with van der Waals surface area (Å²) in [5, 5.41) is 33.8. The standard InChI is InChI=1S/C4H12O7P/c5-1-9-12(4-8,10-2-6)11-3-7/h5-8H,1-4H2/q+1. The first-order valence-electron chi connectivity index (χ1n) is 2.99. The van der Waals surface area contributed by atoms with Gasteiger partial charge in [0.1, 0.15) is 0 Å². The topological polar surface area (TPSA) is 109 Å². The van der Waals surface area contributed by atoms with Gasteiger partial charge in [-0.3, -0.25) is 0 Å². The summed E-state index contributed by atoms with van der Waals surface area (Å²) in [6.07, 6.45) is -0.658. The van der Waals surface area contributed by atoms with Crippen molar-refractivity contribution < 1.29 is 34.0 Å². The van der Waals surface area contributed by atoms with Crippen molar-refractivity contribution in [3.05, 3.63) is 0 Å². The van der Waals surface area contributed by atoms with Crippen molar-refractivity contribution in [3.8, 4) is 0 Å². The summed E-state index contributed by atoms with van der Waals surface area (Å²) in [5.41, 5.74) is 0. The minimum absolute atomic E-state index is 0.658. The second kappa shape index (κ2) is 6.64. The van der Waals surface area contributed by atoms with Gasteiger partial charge in [0, 0.05) is 0 Å². The Morgan fingerprint density at radius 1 is 0.750 bits per heavy atom. The first-order valence-corrected chi connectivity index (χ1v) is 4.72. The zero-order chi connectivity index (χ0) is 9.45. The van der Waals surface area contributed by atoms with Gasteiger partial charge in [0.05, 0.1) is 0 Å². The second-order valence-electron chi connectivity index (χ2n) is 1.53. The molecule has 0 radical (unpaired) electrons. The van der Waals surface area contributed by atoms with Crippen LogP contribution in [-0.4, -0.2) is 47.2 Å². The van der Waals surface area contributed by atoms with Crippen LogP contribution < -0.4 is 0 Å². The van der Waals surface area contributed by atoms with E-state index < -0.39 is 34.7 Å². The van der Waals surface area contributed by atoms with Gasteiger partial charge in [-0.2, -0.15) is 0 Å². The molecule has 0 bridgehead atoms. The first kappa shape index (κ1) is 12.2. The molecule has 0 aliphatic heterocycles. The highest BCUT2D eigenvalue weighted by Gasteiger charge is 2.45. The monoisotopic (exact) mass is 203 g/mol. The number of aliphatic hydroxyl groups is 4. The van der Waals surface area contributed by atoms with Crippen LogP contribution in [0.5, 0.6) is 0 Å². The fraction of sp³-hybridized carbons (Fsp3) is 1.00. The van der Waals surface area contributed by atoms with E-state index in [0.29, 0.717) is 0 Å². The van der Waals surface area contributed by atoms with Crippen LogP contribution in [0.4, 0.5) is 0 Å². The highest BCUT2D eigenvalue weighted by atomic mass is 31.2. The summed E-state index contributed by atoms with van der Waals surface area (Å²) in [7, 11) is -3.17. The molecule has 0 aromatic carbocycles. The molecule has 74 valence electrons. The van der Waals surface area contributed by atoms with Gasteiger partial charge in [0.15, 0.2) is 20.4 Å². The molecule has 12 heavy (non-hydrogen) atoms. The van der Waals surface area contributed by atoms with Crippen LogP contribution in [-0.2, 0) is 13.6 Å². The van der Waals surface area contributed by atoms with Gasteiger partial charge in [-0.05, 0) is 0 Å². The summed E-state index contributed by atoms with van der Waals surface area (Å²) in [4.78, 5) is 0. The van der Waals surface area contributed by atoms with Gasteiger partial charge in [-0.1, -0.05) is 0 Å². The maximum Gasteiger partial charge on any atom is 0.446 e. The van der Waals surface area contributed by atoms with Gasteiger partial charge >= 0.3 is 7.94 Å². The number of hydrogen-bond acceptors (Lipinski definition) is 7. The molecule has 0 fully saturated rings. The molecule has 0 saturated heterocycles. The predicted molar refractivity (Wildman–Crippen MR) is 38.5 cm³/mol. The van der Waals surface area contributed by atoms with E-state index in [1.807, 2.05) is 0 Å². The van der Waals surface area contributed by atoms with E-state index in [-0.39, 0.29) is 0 Å². The third-order valence-corrected chi connectivity index (χ3v) is 2.81. The first-order chi connectivity index (χ1) is 5.74. The van der Waals surface area contributed by atoms with Crippen LogP contribution in [0, 0.1) is 0 Å².